The van der Waals surface area contributed by atoms with E-state index in [2.05, 4.69) is 31.9 Å². The second-order valence-corrected chi connectivity index (χ2v) is 6.81. The van der Waals surface area contributed by atoms with Crippen LogP contribution >= 0.6 is 0 Å². The number of ether oxygens (including phenoxy) is 1. The number of carbonyl (C=O) groups is 1. The molecule has 1 amide bonds. The van der Waals surface area contributed by atoms with Gasteiger partial charge in [-0.1, -0.05) is 12.1 Å². The monoisotopic (exact) mass is 359 g/mol. The highest BCUT2D eigenvalue weighted by molar-refractivity contribution is 5.81. The Labute approximate surface area is 155 Å². The molecule has 1 aliphatic heterocycles. The van der Waals surface area contributed by atoms with E-state index < -0.39 is 0 Å². The number of hydrogen-bond donors (Lipinski definition) is 3. The van der Waals surface area contributed by atoms with Crippen molar-refractivity contribution in [3.63, 3.8) is 0 Å². The fraction of sp³-hybridized carbons (Fsp3) is 0.579. The minimum atomic E-state index is 0.179. The van der Waals surface area contributed by atoms with Crippen molar-refractivity contribution in [2.24, 2.45) is 10.9 Å². The van der Waals surface area contributed by atoms with E-state index in [1.54, 1.807) is 14.2 Å². The number of nitrogens with one attached hydrogen (secondary N) is 3. The van der Waals surface area contributed by atoms with Gasteiger partial charge < -0.3 is 25.6 Å². The van der Waals surface area contributed by atoms with Crippen LogP contribution in [0.4, 0.5) is 5.69 Å². The largest absolute Gasteiger partial charge is 0.495 e. The molecular weight excluding hydrogens is 330 g/mol. The van der Waals surface area contributed by atoms with Crippen LogP contribution in [0.3, 0.4) is 0 Å². The lowest BCUT2D eigenvalue weighted by molar-refractivity contribution is -0.122. The van der Waals surface area contributed by atoms with Crippen LogP contribution < -0.4 is 25.6 Å². The lowest BCUT2D eigenvalue weighted by Crippen LogP contribution is -2.46. The molecule has 1 saturated carbocycles. The van der Waals surface area contributed by atoms with E-state index in [0.717, 1.165) is 49.7 Å². The van der Waals surface area contributed by atoms with E-state index in [-0.39, 0.29) is 11.8 Å². The van der Waals surface area contributed by atoms with Gasteiger partial charge in [0.25, 0.3) is 0 Å². The summed E-state index contributed by atoms with van der Waals surface area (Å²) in [7, 11) is 3.48. The van der Waals surface area contributed by atoms with E-state index in [0.29, 0.717) is 19.1 Å². The van der Waals surface area contributed by atoms with Gasteiger partial charge in [-0.15, -0.1) is 0 Å². The average Bonchev–Trinajstić information content (AvgIpc) is 3.43. The third-order valence-corrected chi connectivity index (χ3v) is 4.84. The van der Waals surface area contributed by atoms with Crippen LogP contribution in [0.15, 0.2) is 29.3 Å². The molecule has 0 bridgehead atoms. The highest BCUT2D eigenvalue weighted by Gasteiger charge is 2.29. The molecule has 1 aliphatic carbocycles. The van der Waals surface area contributed by atoms with E-state index in [1.807, 2.05) is 18.2 Å². The van der Waals surface area contributed by atoms with Crippen molar-refractivity contribution in [2.75, 3.05) is 45.2 Å². The summed E-state index contributed by atoms with van der Waals surface area (Å²) in [5.41, 5.74) is 1.13. The fourth-order valence-corrected chi connectivity index (χ4v) is 3.23. The van der Waals surface area contributed by atoms with E-state index >= 15 is 0 Å². The second-order valence-electron chi connectivity index (χ2n) is 6.81. The zero-order valence-corrected chi connectivity index (χ0v) is 15.6. The molecule has 1 atom stereocenters. The Kier molecular flexibility index (Phi) is 6.20. The maximum atomic E-state index is 11.6. The first-order chi connectivity index (χ1) is 12.7. The quantitative estimate of drug-likeness (QED) is 0.384. The topological polar surface area (TPSA) is 78.0 Å². The third kappa shape index (κ3) is 4.80. The number of amides is 1. The minimum Gasteiger partial charge on any atom is -0.495 e. The number of hydrogen-bond acceptors (Lipinski definition) is 4. The van der Waals surface area contributed by atoms with Crippen molar-refractivity contribution >= 4 is 17.6 Å². The van der Waals surface area contributed by atoms with Crippen molar-refractivity contribution in [1.29, 1.82) is 0 Å². The van der Waals surface area contributed by atoms with Crippen molar-refractivity contribution in [3.05, 3.63) is 24.3 Å². The molecule has 1 saturated heterocycles. The summed E-state index contributed by atoms with van der Waals surface area (Å²) < 4.78 is 5.47. The minimum absolute atomic E-state index is 0.179. The van der Waals surface area contributed by atoms with E-state index in [9.17, 15) is 4.79 Å². The van der Waals surface area contributed by atoms with Crippen LogP contribution in [0.1, 0.15) is 19.3 Å². The first-order valence-corrected chi connectivity index (χ1v) is 9.34. The van der Waals surface area contributed by atoms with Gasteiger partial charge in [0.15, 0.2) is 5.96 Å². The second kappa shape index (κ2) is 8.78. The molecule has 1 aromatic carbocycles. The van der Waals surface area contributed by atoms with Gasteiger partial charge in [0, 0.05) is 45.2 Å². The number of para-hydroxylation sites is 2. The molecule has 26 heavy (non-hydrogen) atoms. The Balaban J connectivity index is 1.42. The summed E-state index contributed by atoms with van der Waals surface area (Å²) in [4.78, 5) is 18.2. The number of rotatable bonds is 7. The van der Waals surface area contributed by atoms with Crippen LogP contribution in [0.5, 0.6) is 5.75 Å². The highest BCUT2D eigenvalue weighted by Crippen LogP contribution is 2.30. The van der Waals surface area contributed by atoms with Crippen LogP contribution in [0.25, 0.3) is 0 Å². The van der Waals surface area contributed by atoms with Gasteiger partial charge in [-0.25, -0.2) is 0 Å². The third-order valence-electron chi connectivity index (χ3n) is 4.84. The SMILES string of the molecule is CN=C(NCCNC(=O)C1CC1)NC1CCN(c2ccccc2OC)C1. The molecule has 3 N–H and O–H groups in total. The predicted octanol–water partition coefficient (Wildman–Crippen LogP) is 0.965. The summed E-state index contributed by atoms with van der Waals surface area (Å²) in [6, 6.07) is 8.44. The van der Waals surface area contributed by atoms with E-state index in [4.69, 9.17) is 4.74 Å². The molecule has 7 heteroatoms. The van der Waals surface area contributed by atoms with Gasteiger partial charge >= 0.3 is 0 Å². The molecule has 2 aliphatic rings. The lowest BCUT2D eigenvalue weighted by atomic mass is 10.2. The molecule has 1 unspecified atom stereocenters. The summed E-state index contributed by atoms with van der Waals surface area (Å²) in [6.45, 7) is 3.17. The lowest BCUT2D eigenvalue weighted by Gasteiger charge is -2.22. The number of nitrogens with zero attached hydrogens (tertiary/aromatic N) is 2. The van der Waals surface area contributed by atoms with Crippen LogP contribution in [0.2, 0.25) is 0 Å². The van der Waals surface area contributed by atoms with Gasteiger partial charge in [-0.2, -0.15) is 0 Å². The summed E-state index contributed by atoms with van der Waals surface area (Å²) >= 11 is 0. The summed E-state index contributed by atoms with van der Waals surface area (Å²) in [5, 5.41) is 9.69. The van der Waals surface area contributed by atoms with Gasteiger partial charge in [-0.05, 0) is 31.4 Å². The summed E-state index contributed by atoms with van der Waals surface area (Å²) in [5.74, 6) is 2.12. The first kappa shape index (κ1) is 18.4. The number of anilines is 1. The Morgan fingerprint density at radius 3 is 2.73 bits per heavy atom. The van der Waals surface area contributed by atoms with Crippen molar-refractivity contribution < 1.29 is 9.53 Å². The Morgan fingerprint density at radius 1 is 1.23 bits per heavy atom. The average molecular weight is 359 g/mol. The maximum absolute atomic E-state index is 11.6. The highest BCUT2D eigenvalue weighted by atomic mass is 16.5. The standard InChI is InChI=1S/C19H29N5O2/c1-20-19(22-11-10-21-18(25)14-7-8-14)23-15-9-12-24(13-15)16-5-3-4-6-17(16)26-2/h3-6,14-15H,7-13H2,1-2H3,(H,21,25)(H2,20,22,23). The zero-order valence-electron chi connectivity index (χ0n) is 15.6. The van der Waals surface area contributed by atoms with Gasteiger partial charge in [-0.3, -0.25) is 9.79 Å². The summed E-state index contributed by atoms with van der Waals surface area (Å²) in [6.07, 6.45) is 3.11. The molecule has 2 fully saturated rings. The van der Waals surface area contributed by atoms with Gasteiger partial charge in [0.05, 0.1) is 12.8 Å². The molecule has 0 radical (unpaired) electrons. The number of methoxy groups -OCH3 is 1. The molecular formula is C19H29N5O2. The van der Waals surface area contributed by atoms with Crippen LogP contribution in [-0.2, 0) is 4.79 Å². The number of guanidine groups is 1. The number of aliphatic imine (C=N–C) groups is 1. The first-order valence-electron chi connectivity index (χ1n) is 9.34. The van der Waals surface area contributed by atoms with Crippen molar-refractivity contribution in [1.82, 2.24) is 16.0 Å². The van der Waals surface area contributed by atoms with E-state index in [1.165, 1.54) is 0 Å². The van der Waals surface area contributed by atoms with Gasteiger partial charge in [0.1, 0.15) is 5.75 Å². The fourth-order valence-electron chi connectivity index (χ4n) is 3.23. The van der Waals surface area contributed by atoms with Crippen LogP contribution in [0, 0.1) is 5.92 Å². The molecule has 3 rings (SSSR count). The number of benzene rings is 1. The molecule has 0 spiro atoms. The Morgan fingerprint density at radius 2 is 2.00 bits per heavy atom. The van der Waals surface area contributed by atoms with Crippen LogP contribution in [-0.4, -0.2) is 58.2 Å². The van der Waals surface area contributed by atoms with Crippen molar-refractivity contribution in [3.8, 4) is 5.75 Å². The van der Waals surface area contributed by atoms with Gasteiger partial charge in [0.2, 0.25) is 5.91 Å². The Bertz CT molecular complexity index is 645. The maximum Gasteiger partial charge on any atom is 0.223 e. The molecule has 0 aromatic heterocycles. The smallest absolute Gasteiger partial charge is 0.223 e. The zero-order chi connectivity index (χ0) is 18.4. The number of carbonyl (C=O) groups excluding carboxylic acids is 1. The normalized spacial score (nSPS) is 20.0. The van der Waals surface area contributed by atoms with Crippen molar-refractivity contribution in [2.45, 2.75) is 25.3 Å². The molecule has 1 aromatic rings. The predicted molar refractivity (Wildman–Crippen MR) is 104 cm³/mol. The molecule has 142 valence electrons. The molecule has 7 nitrogen and oxygen atoms in total. The Hall–Kier alpha value is -2.44. The molecule has 1 heterocycles.